The number of aromatic carboxylic acids is 1. The Labute approximate surface area is 153 Å². The predicted molar refractivity (Wildman–Crippen MR) is 102 cm³/mol. The fourth-order valence-electron chi connectivity index (χ4n) is 2.59. The highest BCUT2D eigenvalue weighted by Gasteiger charge is 2.20. The van der Waals surface area contributed by atoms with Gasteiger partial charge in [-0.25, -0.2) is 14.8 Å². The Morgan fingerprint density at radius 2 is 1.92 bits per heavy atom. The number of aryl methyl sites for hydroxylation is 1. The first-order valence-electron chi connectivity index (χ1n) is 7.98. The zero-order chi connectivity index (χ0) is 19.0. The van der Waals surface area contributed by atoms with Crippen molar-refractivity contribution in [1.82, 2.24) is 14.5 Å². The van der Waals surface area contributed by atoms with Gasteiger partial charge in [-0.3, -0.25) is 4.79 Å². The van der Waals surface area contributed by atoms with Crippen molar-refractivity contribution in [1.29, 1.82) is 0 Å². The van der Waals surface area contributed by atoms with Crippen LogP contribution in [0.4, 0.5) is 5.82 Å². The number of nitrogens with zero attached hydrogens (tertiary/aromatic N) is 3. The number of carboxylic acid groups (broad SMARTS) is 1. The Balaban J connectivity index is 2.31. The summed E-state index contributed by atoms with van der Waals surface area (Å²) in [6.45, 7) is 5.76. The van der Waals surface area contributed by atoms with Crippen LogP contribution < -0.4 is 11.3 Å². The molecule has 0 spiro atoms. The van der Waals surface area contributed by atoms with E-state index in [9.17, 15) is 14.7 Å². The molecule has 134 valence electrons. The Bertz CT molecular complexity index is 1050. The maximum atomic E-state index is 12.0. The van der Waals surface area contributed by atoms with Crippen LogP contribution in [0.1, 0.15) is 35.3 Å². The van der Waals surface area contributed by atoms with Crippen LogP contribution in [0.5, 0.6) is 0 Å². The third-order valence-corrected chi connectivity index (χ3v) is 4.87. The Kier molecular flexibility index (Phi) is 4.60. The second kappa shape index (κ2) is 6.72. The Hall–Kier alpha value is -3.00. The third kappa shape index (κ3) is 3.23. The van der Waals surface area contributed by atoms with Crippen LogP contribution in [-0.4, -0.2) is 25.6 Å². The molecule has 7 nitrogen and oxygen atoms in total. The van der Waals surface area contributed by atoms with E-state index in [1.54, 1.807) is 16.8 Å². The van der Waals surface area contributed by atoms with Gasteiger partial charge in [0.15, 0.2) is 11.5 Å². The molecule has 0 saturated heterocycles. The zero-order valence-electron chi connectivity index (χ0n) is 14.6. The number of carboxylic acids is 1. The molecule has 3 rings (SSSR count). The minimum atomic E-state index is -1.25. The number of nitrogens with two attached hydrogens (primary N) is 1. The van der Waals surface area contributed by atoms with E-state index in [-0.39, 0.29) is 23.1 Å². The lowest BCUT2D eigenvalue weighted by atomic mass is 10.1. The van der Waals surface area contributed by atoms with Crippen molar-refractivity contribution >= 4 is 23.1 Å². The number of aromatic nitrogens is 3. The van der Waals surface area contributed by atoms with Crippen molar-refractivity contribution in [2.24, 2.45) is 0 Å². The summed E-state index contributed by atoms with van der Waals surface area (Å²) in [6, 6.07) is 6.86. The predicted octanol–water partition coefficient (Wildman–Crippen LogP) is 3.20. The highest BCUT2D eigenvalue weighted by molar-refractivity contribution is 7.15. The van der Waals surface area contributed by atoms with Gasteiger partial charge in [-0.2, -0.15) is 0 Å². The first-order valence-corrected chi connectivity index (χ1v) is 8.79. The molecule has 26 heavy (non-hydrogen) atoms. The summed E-state index contributed by atoms with van der Waals surface area (Å²) in [5.74, 6) is -1.39. The van der Waals surface area contributed by atoms with E-state index in [4.69, 9.17) is 5.73 Å². The van der Waals surface area contributed by atoms with Crippen LogP contribution in [-0.2, 0) is 0 Å². The van der Waals surface area contributed by atoms with E-state index in [0.29, 0.717) is 17.0 Å². The molecule has 0 aliphatic heterocycles. The van der Waals surface area contributed by atoms with Crippen LogP contribution in [0.3, 0.4) is 0 Å². The van der Waals surface area contributed by atoms with Gasteiger partial charge in [0, 0.05) is 28.7 Å². The maximum Gasteiger partial charge on any atom is 0.358 e. The van der Waals surface area contributed by atoms with Crippen molar-refractivity contribution in [2.75, 3.05) is 5.73 Å². The molecular weight excluding hydrogens is 352 g/mol. The molecule has 3 aromatic rings. The van der Waals surface area contributed by atoms with Crippen molar-refractivity contribution in [3.8, 4) is 21.8 Å². The zero-order valence-corrected chi connectivity index (χ0v) is 15.4. The topological polar surface area (TPSA) is 111 Å². The summed E-state index contributed by atoms with van der Waals surface area (Å²) in [5, 5.41) is 9.35. The molecule has 3 N–H and O–H groups in total. The van der Waals surface area contributed by atoms with Crippen molar-refractivity contribution in [2.45, 2.75) is 26.8 Å². The summed E-state index contributed by atoms with van der Waals surface area (Å²) in [6.07, 6.45) is 1.67. The normalized spacial score (nSPS) is 11.1. The number of thiophene rings is 1. The summed E-state index contributed by atoms with van der Waals surface area (Å²) in [4.78, 5) is 34.0. The van der Waals surface area contributed by atoms with Gasteiger partial charge in [-0.15, -0.1) is 11.3 Å². The van der Waals surface area contributed by atoms with E-state index in [1.165, 1.54) is 17.4 Å². The highest BCUT2D eigenvalue weighted by Crippen LogP contribution is 2.34. The summed E-state index contributed by atoms with van der Waals surface area (Å²) in [7, 11) is 0. The van der Waals surface area contributed by atoms with Crippen LogP contribution in [0, 0.1) is 6.92 Å². The molecule has 0 saturated carbocycles. The van der Waals surface area contributed by atoms with Crippen LogP contribution in [0.15, 0.2) is 35.3 Å². The van der Waals surface area contributed by atoms with Crippen molar-refractivity contribution < 1.29 is 9.90 Å². The molecule has 0 aliphatic carbocycles. The van der Waals surface area contributed by atoms with E-state index in [0.717, 1.165) is 9.75 Å². The van der Waals surface area contributed by atoms with Crippen LogP contribution in [0.2, 0.25) is 0 Å². The minimum absolute atomic E-state index is 0.0458. The van der Waals surface area contributed by atoms with E-state index in [2.05, 4.69) is 9.97 Å². The first kappa shape index (κ1) is 17.8. The summed E-state index contributed by atoms with van der Waals surface area (Å²) < 4.78 is 1.57. The van der Waals surface area contributed by atoms with Gasteiger partial charge in [0.25, 0.3) is 5.56 Å². The standard InChI is InChI=1S/C18H18N4O3S/c1-9(2)22-8-11(5-7-13(22)23)14-15(12-6-4-10(3)26-12)21-17(19)16(20-14)18(24)25/h4-9H,1-3H3,(H2,19,21)(H,24,25). The quantitative estimate of drug-likeness (QED) is 0.729. The Morgan fingerprint density at radius 1 is 1.19 bits per heavy atom. The average Bonchev–Trinajstić information content (AvgIpc) is 3.01. The molecule has 8 heteroatoms. The van der Waals surface area contributed by atoms with E-state index in [1.807, 2.05) is 32.9 Å². The van der Waals surface area contributed by atoms with Gasteiger partial charge >= 0.3 is 5.97 Å². The van der Waals surface area contributed by atoms with E-state index >= 15 is 0 Å². The Morgan fingerprint density at radius 3 is 2.50 bits per heavy atom. The monoisotopic (exact) mass is 370 g/mol. The molecule has 0 unspecified atom stereocenters. The van der Waals surface area contributed by atoms with Crippen molar-refractivity contribution in [3.63, 3.8) is 0 Å². The SMILES string of the molecule is Cc1ccc(-c2nc(N)c(C(=O)O)nc2-c2ccc(=O)n(C(C)C)c2)s1. The van der Waals surface area contributed by atoms with Gasteiger partial charge in [-0.05, 0) is 39.0 Å². The summed E-state index contributed by atoms with van der Waals surface area (Å²) in [5.41, 5.74) is 6.85. The van der Waals surface area contributed by atoms with Gasteiger partial charge < -0.3 is 15.4 Å². The average molecular weight is 370 g/mol. The highest BCUT2D eigenvalue weighted by atomic mass is 32.1. The fraction of sp³-hybridized carbons (Fsp3) is 0.222. The lowest BCUT2D eigenvalue weighted by Gasteiger charge is -2.14. The number of nitrogen functional groups attached to an aromatic ring is 1. The lowest BCUT2D eigenvalue weighted by Crippen LogP contribution is -2.20. The third-order valence-electron chi connectivity index (χ3n) is 3.87. The molecule has 3 heterocycles. The minimum Gasteiger partial charge on any atom is -0.476 e. The van der Waals surface area contributed by atoms with E-state index < -0.39 is 5.97 Å². The summed E-state index contributed by atoms with van der Waals surface area (Å²) >= 11 is 1.51. The molecule has 0 aromatic carbocycles. The van der Waals surface area contributed by atoms with Gasteiger partial charge in [0.2, 0.25) is 0 Å². The number of hydrogen-bond acceptors (Lipinski definition) is 6. The molecular formula is C18H18N4O3S. The van der Waals surface area contributed by atoms with Crippen LogP contribution in [0.25, 0.3) is 21.8 Å². The molecule has 0 aliphatic rings. The second-order valence-electron chi connectivity index (χ2n) is 6.13. The number of carbonyl (C=O) groups is 1. The molecule has 0 bridgehead atoms. The number of hydrogen-bond donors (Lipinski definition) is 2. The molecule has 0 amide bonds. The first-order chi connectivity index (χ1) is 12.3. The smallest absolute Gasteiger partial charge is 0.358 e. The number of rotatable bonds is 4. The second-order valence-corrected chi connectivity index (χ2v) is 7.42. The number of anilines is 1. The number of pyridine rings is 1. The molecule has 0 radical (unpaired) electrons. The molecule has 0 atom stereocenters. The fourth-order valence-corrected chi connectivity index (χ4v) is 3.45. The molecule has 0 fully saturated rings. The largest absolute Gasteiger partial charge is 0.476 e. The molecule has 3 aromatic heterocycles. The van der Waals surface area contributed by atoms with Crippen LogP contribution >= 0.6 is 11.3 Å². The van der Waals surface area contributed by atoms with Gasteiger partial charge in [0.05, 0.1) is 4.88 Å². The maximum absolute atomic E-state index is 12.0. The van der Waals surface area contributed by atoms with Gasteiger partial charge in [0.1, 0.15) is 11.4 Å². The van der Waals surface area contributed by atoms with Gasteiger partial charge in [-0.1, -0.05) is 0 Å². The van der Waals surface area contributed by atoms with Crippen molar-refractivity contribution in [3.05, 3.63) is 51.4 Å². The lowest BCUT2D eigenvalue weighted by molar-refractivity contribution is 0.0691.